The van der Waals surface area contributed by atoms with Gasteiger partial charge < -0.3 is 14.6 Å². The Morgan fingerprint density at radius 1 is 1.17 bits per heavy atom. The van der Waals surface area contributed by atoms with Gasteiger partial charge in [0.1, 0.15) is 0 Å². The summed E-state index contributed by atoms with van der Waals surface area (Å²) in [5.74, 6) is 0.325. The molecule has 1 aromatic rings. The van der Waals surface area contributed by atoms with Gasteiger partial charge in [0, 0.05) is 0 Å². The highest BCUT2D eigenvalue weighted by molar-refractivity contribution is 5.71. The van der Waals surface area contributed by atoms with Crippen LogP contribution < -0.4 is 9.47 Å². The zero-order valence-electron chi connectivity index (χ0n) is 11.5. The first-order valence-corrected chi connectivity index (χ1v) is 5.76. The fourth-order valence-electron chi connectivity index (χ4n) is 1.93. The van der Waals surface area contributed by atoms with E-state index in [1.165, 1.54) is 0 Å². The van der Waals surface area contributed by atoms with Crippen LogP contribution >= 0.6 is 0 Å². The number of methoxy groups -OCH3 is 2. The molecule has 0 amide bonds. The summed E-state index contributed by atoms with van der Waals surface area (Å²) >= 11 is 0. The minimum Gasteiger partial charge on any atom is -0.493 e. The monoisotopic (exact) mass is 252 g/mol. The number of carboxylic acids is 1. The van der Waals surface area contributed by atoms with Crippen LogP contribution in [-0.4, -0.2) is 25.3 Å². The smallest absolute Gasteiger partial charge is 0.307 e. The van der Waals surface area contributed by atoms with E-state index in [9.17, 15) is 4.79 Å². The van der Waals surface area contributed by atoms with Crippen LogP contribution in [0.2, 0.25) is 0 Å². The van der Waals surface area contributed by atoms with Crippen molar-refractivity contribution in [1.82, 2.24) is 0 Å². The maximum Gasteiger partial charge on any atom is 0.307 e. The predicted octanol–water partition coefficient (Wildman–Crippen LogP) is 2.63. The molecule has 0 atom stereocenters. The van der Waals surface area contributed by atoms with Crippen molar-refractivity contribution in [3.8, 4) is 11.5 Å². The number of benzene rings is 1. The molecule has 0 aliphatic rings. The number of carbonyl (C=O) groups is 1. The van der Waals surface area contributed by atoms with E-state index in [4.69, 9.17) is 14.6 Å². The fourth-order valence-corrected chi connectivity index (χ4v) is 1.93. The molecule has 1 N–H and O–H groups in total. The third kappa shape index (κ3) is 3.15. The molecule has 0 aliphatic heterocycles. The van der Waals surface area contributed by atoms with Crippen LogP contribution in [0.15, 0.2) is 12.1 Å². The van der Waals surface area contributed by atoms with Crippen molar-refractivity contribution in [2.75, 3.05) is 14.2 Å². The van der Waals surface area contributed by atoms with Gasteiger partial charge in [-0.2, -0.15) is 0 Å². The van der Waals surface area contributed by atoms with Gasteiger partial charge in [0.25, 0.3) is 0 Å². The maximum absolute atomic E-state index is 10.9. The van der Waals surface area contributed by atoms with Crippen LogP contribution in [-0.2, 0) is 16.6 Å². The summed E-state index contributed by atoms with van der Waals surface area (Å²) in [6.07, 6.45) is -0.0209. The number of carboxylic acid groups (broad SMARTS) is 1. The molecule has 18 heavy (non-hydrogen) atoms. The lowest BCUT2D eigenvalue weighted by Crippen LogP contribution is -2.16. The van der Waals surface area contributed by atoms with Crippen LogP contribution in [0.3, 0.4) is 0 Å². The first-order chi connectivity index (χ1) is 8.29. The molecule has 0 spiro atoms. The zero-order chi connectivity index (χ0) is 13.9. The van der Waals surface area contributed by atoms with Gasteiger partial charge >= 0.3 is 5.97 Å². The van der Waals surface area contributed by atoms with Crippen molar-refractivity contribution in [3.05, 3.63) is 23.3 Å². The normalized spacial score (nSPS) is 11.2. The summed E-state index contributed by atoms with van der Waals surface area (Å²) in [5.41, 5.74) is 1.57. The summed E-state index contributed by atoms with van der Waals surface area (Å²) in [5, 5.41) is 8.98. The summed E-state index contributed by atoms with van der Waals surface area (Å²) < 4.78 is 10.5. The Morgan fingerprint density at radius 2 is 1.67 bits per heavy atom. The van der Waals surface area contributed by atoms with E-state index in [0.717, 1.165) is 11.1 Å². The molecule has 100 valence electrons. The second kappa shape index (κ2) is 5.29. The van der Waals surface area contributed by atoms with Crippen molar-refractivity contribution in [1.29, 1.82) is 0 Å². The average molecular weight is 252 g/mol. The molecule has 4 nitrogen and oxygen atoms in total. The molecule has 0 saturated carbocycles. The van der Waals surface area contributed by atoms with Crippen LogP contribution in [0.4, 0.5) is 0 Å². The Kier molecular flexibility index (Phi) is 4.22. The minimum atomic E-state index is -0.854. The molecule has 0 fully saturated rings. The summed E-state index contributed by atoms with van der Waals surface area (Å²) in [6, 6.07) is 3.60. The van der Waals surface area contributed by atoms with Gasteiger partial charge in [-0.25, -0.2) is 0 Å². The van der Waals surface area contributed by atoms with Crippen molar-refractivity contribution in [2.24, 2.45) is 0 Å². The largest absolute Gasteiger partial charge is 0.493 e. The highest BCUT2D eigenvalue weighted by Gasteiger charge is 2.22. The summed E-state index contributed by atoms with van der Waals surface area (Å²) in [6.45, 7) is 6.12. The SMILES string of the molecule is COc1cc(CC(=O)O)c(C(C)(C)C)cc1OC. The van der Waals surface area contributed by atoms with E-state index >= 15 is 0 Å². The molecule has 0 saturated heterocycles. The lowest BCUT2D eigenvalue weighted by molar-refractivity contribution is -0.136. The zero-order valence-corrected chi connectivity index (χ0v) is 11.5. The van der Waals surface area contributed by atoms with Gasteiger partial charge in [-0.3, -0.25) is 4.79 Å². The van der Waals surface area contributed by atoms with E-state index in [1.807, 2.05) is 26.8 Å². The summed E-state index contributed by atoms with van der Waals surface area (Å²) in [4.78, 5) is 10.9. The van der Waals surface area contributed by atoms with Gasteiger partial charge in [-0.15, -0.1) is 0 Å². The van der Waals surface area contributed by atoms with Gasteiger partial charge in [-0.05, 0) is 28.7 Å². The van der Waals surface area contributed by atoms with Crippen LogP contribution in [0, 0.1) is 0 Å². The quantitative estimate of drug-likeness (QED) is 0.895. The molecular formula is C14H20O4. The highest BCUT2D eigenvalue weighted by atomic mass is 16.5. The van der Waals surface area contributed by atoms with Gasteiger partial charge in [0.2, 0.25) is 0 Å². The van der Waals surface area contributed by atoms with Crippen molar-refractivity contribution < 1.29 is 19.4 Å². The Morgan fingerprint density at radius 3 is 2.06 bits per heavy atom. The maximum atomic E-state index is 10.9. The molecule has 1 aromatic carbocycles. The number of ether oxygens (including phenoxy) is 2. The molecule has 0 radical (unpaired) electrons. The molecule has 0 heterocycles. The fraction of sp³-hybridized carbons (Fsp3) is 0.500. The van der Waals surface area contributed by atoms with Crippen LogP contribution in [0.25, 0.3) is 0 Å². The minimum absolute atomic E-state index is 0.0209. The van der Waals surface area contributed by atoms with Gasteiger partial charge in [0.05, 0.1) is 20.6 Å². The second-order valence-electron chi connectivity index (χ2n) is 5.18. The van der Waals surface area contributed by atoms with E-state index in [0.29, 0.717) is 11.5 Å². The van der Waals surface area contributed by atoms with Crippen molar-refractivity contribution >= 4 is 5.97 Å². The molecule has 0 bridgehead atoms. The van der Waals surface area contributed by atoms with E-state index in [-0.39, 0.29) is 11.8 Å². The number of hydrogen-bond donors (Lipinski definition) is 1. The predicted molar refractivity (Wildman–Crippen MR) is 69.6 cm³/mol. The lowest BCUT2D eigenvalue weighted by atomic mass is 9.82. The molecule has 4 heteroatoms. The Hall–Kier alpha value is -1.71. The van der Waals surface area contributed by atoms with E-state index in [2.05, 4.69) is 0 Å². The molecule has 0 aliphatic carbocycles. The van der Waals surface area contributed by atoms with Crippen LogP contribution in [0.1, 0.15) is 31.9 Å². The van der Waals surface area contributed by atoms with Gasteiger partial charge in [0.15, 0.2) is 11.5 Å². The Balaban J connectivity index is 3.41. The summed E-state index contributed by atoms with van der Waals surface area (Å²) in [7, 11) is 3.11. The van der Waals surface area contributed by atoms with Gasteiger partial charge in [-0.1, -0.05) is 20.8 Å². The lowest BCUT2D eigenvalue weighted by Gasteiger charge is -2.24. The number of hydrogen-bond acceptors (Lipinski definition) is 3. The van der Waals surface area contributed by atoms with Crippen LogP contribution in [0.5, 0.6) is 11.5 Å². The Labute approximate surface area is 108 Å². The molecule has 0 unspecified atom stereocenters. The first-order valence-electron chi connectivity index (χ1n) is 5.76. The standard InChI is InChI=1S/C14H20O4/c1-14(2,3)10-8-12(18-5)11(17-4)6-9(10)7-13(15)16/h6,8H,7H2,1-5H3,(H,15,16). The Bertz CT molecular complexity index is 444. The molecular weight excluding hydrogens is 232 g/mol. The van der Waals surface area contributed by atoms with Crippen molar-refractivity contribution in [3.63, 3.8) is 0 Å². The van der Waals surface area contributed by atoms with E-state index < -0.39 is 5.97 Å². The second-order valence-corrected chi connectivity index (χ2v) is 5.18. The third-order valence-corrected chi connectivity index (χ3v) is 2.76. The molecule has 1 rings (SSSR count). The molecule has 0 aromatic heterocycles. The third-order valence-electron chi connectivity index (χ3n) is 2.76. The first kappa shape index (κ1) is 14.4. The van der Waals surface area contributed by atoms with E-state index in [1.54, 1.807) is 20.3 Å². The highest BCUT2D eigenvalue weighted by Crippen LogP contribution is 2.36. The topological polar surface area (TPSA) is 55.8 Å². The average Bonchev–Trinajstić information content (AvgIpc) is 2.26. The van der Waals surface area contributed by atoms with Crippen molar-refractivity contribution in [2.45, 2.75) is 32.6 Å². The number of rotatable bonds is 4. The number of aliphatic carboxylic acids is 1.